The van der Waals surface area contributed by atoms with E-state index in [-0.39, 0.29) is 0 Å². The Morgan fingerprint density at radius 3 is 2.64 bits per heavy atom. The van der Waals surface area contributed by atoms with Crippen molar-refractivity contribution < 1.29 is 14.6 Å². The van der Waals surface area contributed by atoms with Gasteiger partial charge in [-0.1, -0.05) is 17.7 Å². The second kappa shape index (κ2) is 5.11. The summed E-state index contributed by atoms with van der Waals surface area (Å²) in [6.45, 7) is 2.63. The average Bonchev–Trinajstić information content (AvgIpc) is 2.15. The summed E-state index contributed by atoms with van der Waals surface area (Å²) in [5.41, 5.74) is 1.17. The molecule has 2 N–H and O–H groups in total. The summed E-state index contributed by atoms with van der Waals surface area (Å²) in [6, 6.07) is 7.60. The van der Waals surface area contributed by atoms with Gasteiger partial charge in [0.05, 0.1) is 6.54 Å². The van der Waals surface area contributed by atoms with Gasteiger partial charge >= 0.3 is 6.09 Å². The Hall–Kier alpha value is -1.71. The Morgan fingerprint density at radius 2 is 2.07 bits per heavy atom. The fourth-order valence-electron chi connectivity index (χ4n) is 0.961. The SMILES string of the molecule is Cc1ccc(OCCNC(=O)O)cc1. The van der Waals surface area contributed by atoms with Crippen molar-refractivity contribution in [3.8, 4) is 5.75 Å². The lowest BCUT2D eigenvalue weighted by molar-refractivity contribution is 0.191. The first kappa shape index (κ1) is 10.4. The maximum absolute atomic E-state index is 10.1. The molecule has 0 radical (unpaired) electrons. The van der Waals surface area contributed by atoms with E-state index in [0.29, 0.717) is 13.2 Å². The molecule has 0 aromatic heterocycles. The highest BCUT2D eigenvalue weighted by molar-refractivity contribution is 5.64. The largest absolute Gasteiger partial charge is 0.492 e. The number of nitrogens with one attached hydrogen (secondary N) is 1. The van der Waals surface area contributed by atoms with Gasteiger partial charge in [-0.05, 0) is 19.1 Å². The predicted molar refractivity (Wildman–Crippen MR) is 52.7 cm³/mol. The summed E-state index contributed by atoms with van der Waals surface area (Å²) in [5.74, 6) is 0.753. The van der Waals surface area contributed by atoms with Crippen LogP contribution in [0.1, 0.15) is 5.56 Å². The fourth-order valence-corrected chi connectivity index (χ4v) is 0.961. The Labute approximate surface area is 82.5 Å². The number of benzene rings is 1. The van der Waals surface area contributed by atoms with Crippen molar-refractivity contribution in [2.45, 2.75) is 6.92 Å². The van der Waals surface area contributed by atoms with Crippen molar-refractivity contribution in [2.75, 3.05) is 13.2 Å². The van der Waals surface area contributed by atoms with Crippen molar-refractivity contribution in [2.24, 2.45) is 0 Å². The van der Waals surface area contributed by atoms with E-state index in [1.165, 1.54) is 5.56 Å². The molecule has 1 aromatic rings. The Kier molecular flexibility index (Phi) is 3.79. The van der Waals surface area contributed by atoms with Crippen LogP contribution < -0.4 is 10.1 Å². The van der Waals surface area contributed by atoms with Gasteiger partial charge in [0, 0.05) is 0 Å². The van der Waals surface area contributed by atoms with Crippen LogP contribution in [0, 0.1) is 6.92 Å². The van der Waals surface area contributed by atoms with Crippen LogP contribution in [0.5, 0.6) is 5.75 Å². The number of ether oxygens (including phenoxy) is 1. The van der Waals surface area contributed by atoms with Gasteiger partial charge in [0.1, 0.15) is 12.4 Å². The van der Waals surface area contributed by atoms with Crippen LogP contribution >= 0.6 is 0 Å². The lowest BCUT2D eigenvalue weighted by atomic mass is 10.2. The van der Waals surface area contributed by atoms with Crippen molar-refractivity contribution >= 4 is 6.09 Å². The van der Waals surface area contributed by atoms with Crippen molar-refractivity contribution in [1.82, 2.24) is 5.32 Å². The zero-order chi connectivity index (χ0) is 10.4. The molecule has 1 rings (SSSR count). The normalized spacial score (nSPS) is 9.50. The molecule has 76 valence electrons. The zero-order valence-electron chi connectivity index (χ0n) is 7.99. The first-order chi connectivity index (χ1) is 6.68. The molecule has 0 fully saturated rings. The van der Waals surface area contributed by atoms with Crippen LogP contribution in [-0.4, -0.2) is 24.4 Å². The Balaban J connectivity index is 2.25. The molecular formula is C10H13NO3. The number of rotatable bonds is 4. The van der Waals surface area contributed by atoms with E-state index in [1.807, 2.05) is 31.2 Å². The minimum atomic E-state index is -1.03. The molecule has 14 heavy (non-hydrogen) atoms. The van der Waals surface area contributed by atoms with Gasteiger partial charge in [-0.25, -0.2) is 4.79 Å². The van der Waals surface area contributed by atoms with E-state index in [1.54, 1.807) is 0 Å². The van der Waals surface area contributed by atoms with Gasteiger partial charge in [0.25, 0.3) is 0 Å². The molecule has 0 unspecified atom stereocenters. The molecule has 0 saturated carbocycles. The maximum atomic E-state index is 10.1. The number of hydrogen-bond acceptors (Lipinski definition) is 2. The van der Waals surface area contributed by atoms with Gasteiger partial charge in [-0.3, -0.25) is 0 Å². The van der Waals surface area contributed by atoms with E-state index in [4.69, 9.17) is 9.84 Å². The summed E-state index contributed by atoms with van der Waals surface area (Å²) in [5, 5.41) is 10.5. The lowest BCUT2D eigenvalue weighted by Crippen LogP contribution is -2.26. The van der Waals surface area contributed by atoms with Crippen molar-refractivity contribution in [3.05, 3.63) is 29.8 Å². The van der Waals surface area contributed by atoms with Gasteiger partial charge in [-0.2, -0.15) is 0 Å². The van der Waals surface area contributed by atoms with Crippen molar-refractivity contribution in [3.63, 3.8) is 0 Å². The number of hydrogen-bond donors (Lipinski definition) is 2. The second-order valence-corrected chi connectivity index (χ2v) is 2.89. The maximum Gasteiger partial charge on any atom is 0.404 e. The zero-order valence-corrected chi connectivity index (χ0v) is 7.99. The average molecular weight is 195 g/mol. The number of aryl methyl sites for hydroxylation is 1. The van der Waals surface area contributed by atoms with Gasteiger partial charge in [-0.15, -0.1) is 0 Å². The standard InChI is InChI=1S/C10H13NO3/c1-8-2-4-9(5-3-8)14-7-6-11-10(12)13/h2-5,11H,6-7H2,1H3,(H,12,13). The second-order valence-electron chi connectivity index (χ2n) is 2.89. The molecule has 4 nitrogen and oxygen atoms in total. The minimum absolute atomic E-state index is 0.295. The highest BCUT2D eigenvalue weighted by Crippen LogP contribution is 2.10. The molecule has 0 spiro atoms. The third-order valence-electron chi connectivity index (χ3n) is 1.67. The van der Waals surface area contributed by atoms with E-state index in [0.717, 1.165) is 5.75 Å². The Bertz CT molecular complexity index is 295. The first-order valence-corrected chi connectivity index (χ1v) is 4.35. The molecule has 0 bridgehead atoms. The van der Waals surface area contributed by atoms with Crippen LogP contribution in [0.15, 0.2) is 24.3 Å². The Morgan fingerprint density at radius 1 is 1.43 bits per heavy atom. The monoisotopic (exact) mass is 195 g/mol. The molecule has 0 atom stereocenters. The smallest absolute Gasteiger partial charge is 0.404 e. The fraction of sp³-hybridized carbons (Fsp3) is 0.300. The quantitative estimate of drug-likeness (QED) is 0.718. The summed E-state index contributed by atoms with van der Waals surface area (Å²) in [6.07, 6.45) is -1.03. The van der Waals surface area contributed by atoms with E-state index in [2.05, 4.69) is 5.32 Å². The highest BCUT2D eigenvalue weighted by Gasteiger charge is 1.95. The molecule has 0 aliphatic heterocycles. The van der Waals surface area contributed by atoms with Crippen LogP contribution in [0.3, 0.4) is 0 Å². The van der Waals surface area contributed by atoms with Crippen LogP contribution in [0.25, 0.3) is 0 Å². The molecule has 1 aromatic carbocycles. The summed E-state index contributed by atoms with van der Waals surface area (Å²) >= 11 is 0. The lowest BCUT2D eigenvalue weighted by Gasteiger charge is -2.05. The molecule has 4 heteroatoms. The third kappa shape index (κ3) is 3.80. The van der Waals surface area contributed by atoms with E-state index < -0.39 is 6.09 Å². The van der Waals surface area contributed by atoms with Gasteiger partial charge < -0.3 is 15.2 Å². The molecular weight excluding hydrogens is 182 g/mol. The van der Waals surface area contributed by atoms with Crippen LogP contribution in [0.2, 0.25) is 0 Å². The first-order valence-electron chi connectivity index (χ1n) is 4.35. The van der Waals surface area contributed by atoms with Crippen LogP contribution in [0.4, 0.5) is 4.79 Å². The molecule has 1 amide bonds. The summed E-state index contributed by atoms with van der Waals surface area (Å²) in [7, 11) is 0. The topological polar surface area (TPSA) is 58.6 Å². The van der Waals surface area contributed by atoms with E-state index >= 15 is 0 Å². The number of amides is 1. The number of carboxylic acid groups (broad SMARTS) is 1. The van der Waals surface area contributed by atoms with Gasteiger partial charge in [0.2, 0.25) is 0 Å². The van der Waals surface area contributed by atoms with Crippen LogP contribution in [-0.2, 0) is 0 Å². The third-order valence-corrected chi connectivity index (χ3v) is 1.67. The number of carbonyl (C=O) groups is 1. The molecule has 0 aliphatic rings. The predicted octanol–water partition coefficient (Wildman–Crippen LogP) is 1.64. The highest BCUT2D eigenvalue weighted by atomic mass is 16.5. The van der Waals surface area contributed by atoms with Crippen molar-refractivity contribution in [1.29, 1.82) is 0 Å². The summed E-state index contributed by atoms with van der Waals surface area (Å²) < 4.78 is 5.29. The minimum Gasteiger partial charge on any atom is -0.492 e. The summed E-state index contributed by atoms with van der Waals surface area (Å²) in [4.78, 5) is 10.1. The molecule has 0 heterocycles. The van der Waals surface area contributed by atoms with Gasteiger partial charge in [0.15, 0.2) is 0 Å². The molecule has 0 saturated heterocycles. The van der Waals surface area contributed by atoms with E-state index in [9.17, 15) is 4.79 Å². The molecule has 0 aliphatic carbocycles.